The molecule has 0 spiro atoms. The third kappa shape index (κ3) is 1.19. The first-order chi connectivity index (χ1) is 4.61. The lowest BCUT2D eigenvalue weighted by Gasteiger charge is -1.96. The zero-order valence-corrected chi connectivity index (χ0v) is 6.52. The smallest absolute Gasteiger partial charge is 0.139 e. The van der Waals surface area contributed by atoms with Crippen LogP contribution in [-0.2, 0) is 0 Å². The first-order valence-electron chi connectivity index (χ1n) is 2.79. The van der Waals surface area contributed by atoms with Gasteiger partial charge in [-0.3, -0.25) is 0 Å². The summed E-state index contributed by atoms with van der Waals surface area (Å²) in [7, 11) is 0. The average Bonchev–Trinajstić information content (AvgIpc) is 2.44. The Morgan fingerprint density at radius 3 is 1.90 bits per heavy atom. The van der Waals surface area contributed by atoms with Crippen molar-refractivity contribution < 1.29 is 0 Å². The molecule has 1 atom stereocenters. The number of hydrogen-bond acceptors (Lipinski definition) is 2. The zero-order chi connectivity index (χ0) is 7.78. The second kappa shape index (κ2) is 2.31. The largest absolute Gasteiger partial charge is 0.197 e. The molecule has 52 valence electrons. The fraction of sp³-hybridized carbons (Fsp3) is 0.667. The van der Waals surface area contributed by atoms with Crippen LogP contribution in [0.1, 0.15) is 6.42 Å². The summed E-state index contributed by atoms with van der Waals surface area (Å²) in [6.07, 6.45) is 0.557. The van der Waals surface area contributed by atoms with Crippen molar-refractivity contribution in [2.75, 3.05) is 0 Å². The maximum absolute atomic E-state index is 8.38. The Balaban J connectivity index is 2.57. The molecule has 1 aliphatic rings. The van der Waals surface area contributed by atoms with Crippen LogP contribution in [0.5, 0.6) is 0 Å². The highest BCUT2D eigenvalue weighted by Crippen LogP contribution is 2.56. The van der Waals surface area contributed by atoms with Crippen LogP contribution >= 0.6 is 23.2 Å². The standard InChI is InChI=1S/C6H4Cl2N2/c7-6(8)1-5(6)4(2-9)3-10/h4-5H,1H2. The van der Waals surface area contributed by atoms with Crippen LogP contribution in [0, 0.1) is 34.5 Å². The van der Waals surface area contributed by atoms with Gasteiger partial charge >= 0.3 is 0 Å². The lowest BCUT2D eigenvalue weighted by molar-refractivity contribution is 0.712. The number of hydrogen-bond donors (Lipinski definition) is 0. The van der Waals surface area contributed by atoms with E-state index in [1.165, 1.54) is 0 Å². The van der Waals surface area contributed by atoms with Crippen LogP contribution in [-0.4, -0.2) is 4.33 Å². The van der Waals surface area contributed by atoms with E-state index >= 15 is 0 Å². The Bertz CT molecular complexity index is 209. The van der Waals surface area contributed by atoms with Gasteiger partial charge in [0.1, 0.15) is 10.3 Å². The monoisotopic (exact) mass is 174 g/mol. The molecular weight excluding hydrogens is 171 g/mol. The molecule has 1 fully saturated rings. The summed E-state index contributed by atoms with van der Waals surface area (Å²) in [6.45, 7) is 0. The normalized spacial score (nSPS) is 27.1. The number of halogens is 2. The molecule has 10 heavy (non-hydrogen) atoms. The summed E-state index contributed by atoms with van der Waals surface area (Å²) in [5, 5.41) is 16.8. The first kappa shape index (κ1) is 7.66. The molecule has 0 heterocycles. The zero-order valence-electron chi connectivity index (χ0n) is 5.01. The van der Waals surface area contributed by atoms with E-state index in [2.05, 4.69) is 0 Å². The molecule has 0 bridgehead atoms. The highest BCUT2D eigenvalue weighted by Gasteiger charge is 2.56. The topological polar surface area (TPSA) is 47.6 Å². The van der Waals surface area contributed by atoms with Crippen LogP contribution in [0.25, 0.3) is 0 Å². The number of alkyl halides is 2. The van der Waals surface area contributed by atoms with E-state index in [1.54, 1.807) is 0 Å². The molecule has 0 aromatic carbocycles. The van der Waals surface area contributed by atoms with E-state index in [0.717, 1.165) is 0 Å². The lowest BCUT2D eigenvalue weighted by Crippen LogP contribution is -2.01. The summed E-state index contributed by atoms with van der Waals surface area (Å²) in [5.41, 5.74) is 0. The molecule has 4 heteroatoms. The van der Waals surface area contributed by atoms with Crippen molar-refractivity contribution in [3.05, 3.63) is 0 Å². The summed E-state index contributed by atoms with van der Waals surface area (Å²) >= 11 is 11.2. The number of nitriles is 2. The van der Waals surface area contributed by atoms with E-state index in [9.17, 15) is 0 Å². The predicted molar refractivity (Wildman–Crippen MR) is 37.3 cm³/mol. The van der Waals surface area contributed by atoms with E-state index in [1.807, 2.05) is 12.1 Å². The molecule has 0 amide bonds. The fourth-order valence-electron chi connectivity index (χ4n) is 0.805. The molecule has 0 aromatic rings. The van der Waals surface area contributed by atoms with Gasteiger partial charge in [-0.1, -0.05) is 0 Å². The van der Waals surface area contributed by atoms with Gasteiger partial charge in [-0.05, 0) is 6.42 Å². The van der Waals surface area contributed by atoms with Gasteiger partial charge in [0.2, 0.25) is 0 Å². The molecule has 0 saturated heterocycles. The summed E-state index contributed by atoms with van der Waals surface area (Å²) in [4.78, 5) is 0. The van der Waals surface area contributed by atoms with Crippen LogP contribution in [0.4, 0.5) is 0 Å². The van der Waals surface area contributed by atoms with Gasteiger partial charge in [-0.15, -0.1) is 23.2 Å². The second-order valence-electron chi connectivity index (χ2n) is 2.31. The fourth-order valence-corrected chi connectivity index (χ4v) is 1.39. The van der Waals surface area contributed by atoms with E-state index in [0.29, 0.717) is 6.42 Å². The van der Waals surface area contributed by atoms with E-state index in [-0.39, 0.29) is 5.92 Å². The minimum absolute atomic E-state index is 0.147. The Labute approximate surface area is 68.9 Å². The molecule has 2 nitrogen and oxygen atoms in total. The Morgan fingerprint density at radius 2 is 1.80 bits per heavy atom. The van der Waals surface area contributed by atoms with Crippen molar-refractivity contribution in [1.29, 1.82) is 10.5 Å². The minimum Gasteiger partial charge on any atom is -0.197 e. The maximum Gasteiger partial charge on any atom is 0.139 e. The van der Waals surface area contributed by atoms with Gasteiger partial charge in [0.05, 0.1) is 12.1 Å². The van der Waals surface area contributed by atoms with Crippen molar-refractivity contribution in [3.63, 3.8) is 0 Å². The predicted octanol–water partition coefficient (Wildman–Crippen LogP) is 1.84. The Hall–Kier alpha value is -0.440. The lowest BCUT2D eigenvalue weighted by atomic mass is 10.1. The highest BCUT2D eigenvalue weighted by atomic mass is 35.5. The van der Waals surface area contributed by atoms with Gasteiger partial charge in [-0.2, -0.15) is 10.5 Å². The Kier molecular flexibility index (Phi) is 1.77. The highest BCUT2D eigenvalue weighted by molar-refractivity contribution is 6.50. The first-order valence-corrected chi connectivity index (χ1v) is 3.54. The van der Waals surface area contributed by atoms with Crippen molar-refractivity contribution >= 4 is 23.2 Å². The molecule has 0 radical (unpaired) electrons. The molecule has 0 aliphatic heterocycles. The third-order valence-corrected chi connectivity index (χ3v) is 2.42. The number of nitrogens with zero attached hydrogens (tertiary/aromatic N) is 2. The molecule has 0 aromatic heterocycles. The third-order valence-electron chi connectivity index (χ3n) is 1.55. The van der Waals surface area contributed by atoms with Crippen LogP contribution in [0.15, 0.2) is 0 Å². The summed E-state index contributed by atoms with van der Waals surface area (Å²) < 4.78 is -0.809. The molecule has 1 unspecified atom stereocenters. The Morgan fingerprint density at radius 1 is 1.40 bits per heavy atom. The molecule has 0 N–H and O–H groups in total. The van der Waals surface area contributed by atoms with Gasteiger partial charge < -0.3 is 0 Å². The van der Waals surface area contributed by atoms with E-state index in [4.69, 9.17) is 33.7 Å². The van der Waals surface area contributed by atoms with Gasteiger partial charge in [0.25, 0.3) is 0 Å². The van der Waals surface area contributed by atoms with Gasteiger partial charge in [0.15, 0.2) is 0 Å². The van der Waals surface area contributed by atoms with Crippen molar-refractivity contribution in [2.24, 2.45) is 11.8 Å². The van der Waals surface area contributed by atoms with Crippen LogP contribution < -0.4 is 0 Å². The molecular formula is C6H4Cl2N2. The maximum atomic E-state index is 8.38. The van der Waals surface area contributed by atoms with E-state index < -0.39 is 10.3 Å². The van der Waals surface area contributed by atoms with Crippen LogP contribution in [0.2, 0.25) is 0 Å². The van der Waals surface area contributed by atoms with Gasteiger partial charge in [0, 0.05) is 5.92 Å². The van der Waals surface area contributed by atoms with Crippen LogP contribution in [0.3, 0.4) is 0 Å². The second-order valence-corrected chi connectivity index (χ2v) is 3.85. The van der Waals surface area contributed by atoms with Gasteiger partial charge in [-0.25, -0.2) is 0 Å². The number of rotatable bonds is 1. The SMILES string of the molecule is N#CC(C#N)C1CC1(Cl)Cl. The molecule has 1 aliphatic carbocycles. The summed E-state index contributed by atoms with van der Waals surface area (Å²) in [6, 6.07) is 3.68. The average molecular weight is 175 g/mol. The minimum atomic E-state index is -0.809. The van der Waals surface area contributed by atoms with Crippen molar-refractivity contribution in [2.45, 2.75) is 10.8 Å². The summed E-state index contributed by atoms with van der Waals surface area (Å²) in [5.74, 6) is -0.791. The quantitative estimate of drug-likeness (QED) is 0.570. The van der Waals surface area contributed by atoms with Crippen molar-refractivity contribution in [1.82, 2.24) is 0 Å². The molecule has 1 rings (SSSR count). The van der Waals surface area contributed by atoms with Crippen molar-refractivity contribution in [3.8, 4) is 12.1 Å². The molecule has 1 saturated carbocycles.